The fraction of sp³-hybridized carbons (Fsp3) is 0.120. The molecule has 148 valence electrons. The van der Waals surface area contributed by atoms with Gasteiger partial charge in [0.15, 0.2) is 0 Å². The van der Waals surface area contributed by atoms with Gasteiger partial charge in [-0.15, -0.1) is 0 Å². The predicted molar refractivity (Wildman–Crippen MR) is 112 cm³/mol. The van der Waals surface area contributed by atoms with Gasteiger partial charge in [-0.25, -0.2) is 0 Å². The van der Waals surface area contributed by atoms with Gasteiger partial charge in [-0.1, -0.05) is 24.3 Å². The van der Waals surface area contributed by atoms with Crippen molar-refractivity contribution in [3.05, 3.63) is 83.1 Å². The van der Waals surface area contributed by atoms with E-state index in [1.165, 1.54) is 6.26 Å². The molecule has 0 amide bonds. The summed E-state index contributed by atoms with van der Waals surface area (Å²) in [6.07, 6.45) is 1.49. The molecule has 0 radical (unpaired) electrons. The van der Waals surface area contributed by atoms with E-state index in [0.29, 0.717) is 28.2 Å². The second kappa shape index (κ2) is 6.88. The third kappa shape index (κ3) is 2.70. The maximum atomic E-state index is 13.1. The number of hydrogen-bond donors (Lipinski definition) is 0. The average Bonchev–Trinajstić information content (AvgIpc) is 3.20. The van der Waals surface area contributed by atoms with E-state index >= 15 is 0 Å². The lowest BCUT2D eigenvalue weighted by molar-refractivity contribution is 0.0814. The van der Waals surface area contributed by atoms with E-state index in [2.05, 4.69) is 0 Å². The van der Waals surface area contributed by atoms with E-state index in [1.54, 1.807) is 31.4 Å². The first-order valence-corrected chi connectivity index (χ1v) is 9.57. The van der Waals surface area contributed by atoms with Gasteiger partial charge in [-0.05, 0) is 53.6 Å². The van der Waals surface area contributed by atoms with Crippen molar-refractivity contribution in [1.82, 2.24) is 0 Å². The molecule has 0 bridgehead atoms. The number of fused-ring (bicyclic) bond motifs is 5. The van der Waals surface area contributed by atoms with Crippen molar-refractivity contribution >= 4 is 22.3 Å². The highest BCUT2D eigenvalue weighted by atomic mass is 16.5. The van der Waals surface area contributed by atoms with Gasteiger partial charge in [-0.3, -0.25) is 9.59 Å². The Bertz CT molecular complexity index is 1310. The SMILES string of the molecule is COc1ccc(OCc2coc3c2C(=O)C(=O)c2c-3ccc3c(C)cccc23)cc1. The topological polar surface area (TPSA) is 65.7 Å². The lowest BCUT2D eigenvalue weighted by atomic mass is 9.83. The van der Waals surface area contributed by atoms with Crippen molar-refractivity contribution in [2.75, 3.05) is 7.11 Å². The highest BCUT2D eigenvalue weighted by Gasteiger charge is 2.36. The van der Waals surface area contributed by atoms with Crippen LogP contribution in [0.5, 0.6) is 11.5 Å². The Morgan fingerprint density at radius 1 is 0.833 bits per heavy atom. The number of ether oxygens (including phenoxy) is 2. The lowest BCUT2D eigenvalue weighted by Crippen LogP contribution is -2.22. The first kappa shape index (κ1) is 18.2. The summed E-state index contributed by atoms with van der Waals surface area (Å²) in [6, 6.07) is 16.7. The van der Waals surface area contributed by atoms with Crippen molar-refractivity contribution in [3.63, 3.8) is 0 Å². The van der Waals surface area contributed by atoms with Crippen LogP contribution >= 0.6 is 0 Å². The zero-order valence-corrected chi connectivity index (χ0v) is 16.5. The molecule has 1 heterocycles. The first-order chi connectivity index (χ1) is 14.6. The number of methoxy groups -OCH3 is 1. The van der Waals surface area contributed by atoms with Crippen molar-refractivity contribution in [2.45, 2.75) is 13.5 Å². The molecule has 1 aliphatic rings. The molecule has 1 aromatic heterocycles. The molecule has 3 aromatic carbocycles. The molecule has 5 rings (SSSR count). The maximum Gasteiger partial charge on any atom is 0.237 e. The van der Waals surface area contributed by atoms with E-state index in [-0.39, 0.29) is 12.2 Å². The van der Waals surface area contributed by atoms with Gasteiger partial charge in [-0.2, -0.15) is 0 Å². The zero-order valence-electron chi connectivity index (χ0n) is 16.5. The van der Waals surface area contributed by atoms with Gasteiger partial charge in [0.2, 0.25) is 11.6 Å². The summed E-state index contributed by atoms with van der Waals surface area (Å²) in [5, 5.41) is 1.72. The molecule has 30 heavy (non-hydrogen) atoms. The maximum absolute atomic E-state index is 13.1. The quantitative estimate of drug-likeness (QED) is 0.432. The summed E-state index contributed by atoms with van der Waals surface area (Å²) >= 11 is 0. The minimum atomic E-state index is -0.561. The Labute approximate surface area is 172 Å². The number of Topliss-reactive ketones (excluding diaryl/α,β-unsaturated/α-hetero) is 2. The van der Waals surface area contributed by atoms with Crippen molar-refractivity contribution < 1.29 is 23.5 Å². The van der Waals surface area contributed by atoms with Crippen LogP contribution in [0.25, 0.3) is 22.1 Å². The Kier molecular flexibility index (Phi) is 4.17. The standard InChI is InChI=1S/C25H18O5/c1-14-4-3-5-19-18(14)10-11-20-22(19)24(27)23(26)21-15(13-30-25(20)21)12-29-17-8-6-16(28-2)7-9-17/h3-11,13H,12H2,1-2H3. The minimum Gasteiger partial charge on any atom is -0.497 e. The van der Waals surface area contributed by atoms with Crippen LogP contribution in [-0.4, -0.2) is 18.7 Å². The molecule has 5 heteroatoms. The van der Waals surface area contributed by atoms with Gasteiger partial charge in [0.1, 0.15) is 23.9 Å². The summed E-state index contributed by atoms with van der Waals surface area (Å²) in [6.45, 7) is 2.10. The van der Waals surface area contributed by atoms with E-state index < -0.39 is 11.6 Å². The van der Waals surface area contributed by atoms with Crippen molar-refractivity contribution in [3.8, 4) is 22.8 Å². The van der Waals surface area contributed by atoms with E-state index in [9.17, 15) is 9.59 Å². The lowest BCUT2D eigenvalue weighted by Gasteiger charge is -2.17. The fourth-order valence-electron chi connectivity index (χ4n) is 3.96. The van der Waals surface area contributed by atoms with Crippen molar-refractivity contribution in [1.29, 1.82) is 0 Å². The van der Waals surface area contributed by atoms with Crippen LogP contribution in [0.3, 0.4) is 0 Å². The second-order valence-corrected chi connectivity index (χ2v) is 7.25. The summed E-state index contributed by atoms with van der Waals surface area (Å²) < 4.78 is 16.7. The molecule has 0 aliphatic heterocycles. The van der Waals surface area contributed by atoms with Crippen LogP contribution in [0.15, 0.2) is 65.3 Å². The normalized spacial score (nSPS) is 12.6. The molecular formula is C25H18O5. The molecule has 4 aromatic rings. The van der Waals surface area contributed by atoms with Gasteiger partial charge in [0.05, 0.1) is 18.9 Å². The van der Waals surface area contributed by atoms with Crippen LogP contribution in [0, 0.1) is 6.92 Å². The first-order valence-electron chi connectivity index (χ1n) is 9.57. The number of carbonyl (C=O) groups is 2. The minimum absolute atomic E-state index is 0.117. The Morgan fingerprint density at radius 3 is 2.33 bits per heavy atom. The Hall–Kier alpha value is -3.86. The van der Waals surface area contributed by atoms with Crippen LogP contribution in [0.1, 0.15) is 31.8 Å². The predicted octanol–water partition coefficient (Wildman–Crippen LogP) is 5.37. The van der Waals surface area contributed by atoms with Gasteiger partial charge < -0.3 is 13.9 Å². The molecular weight excluding hydrogens is 380 g/mol. The van der Waals surface area contributed by atoms with Crippen LogP contribution in [0.2, 0.25) is 0 Å². The second-order valence-electron chi connectivity index (χ2n) is 7.25. The van der Waals surface area contributed by atoms with Crippen LogP contribution in [0.4, 0.5) is 0 Å². The average molecular weight is 398 g/mol. The van der Waals surface area contributed by atoms with Crippen molar-refractivity contribution in [2.24, 2.45) is 0 Å². The van der Waals surface area contributed by atoms with Crippen LogP contribution < -0.4 is 9.47 Å². The molecule has 0 fully saturated rings. The number of hydrogen-bond acceptors (Lipinski definition) is 5. The Balaban J connectivity index is 1.55. The van der Waals surface area contributed by atoms with E-state index in [0.717, 1.165) is 22.1 Å². The molecule has 0 saturated carbocycles. The summed E-state index contributed by atoms with van der Waals surface area (Å²) in [5.74, 6) is 0.700. The molecule has 0 spiro atoms. The van der Waals surface area contributed by atoms with Gasteiger partial charge in [0, 0.05) is 16.7 Å². The number of carbonyl (C=O) groups excluding carboxylic acids is 2. The van der Waals surface area contributed by atoms with Crippen LogP contribution in [-0.2, 0) is 6.61 Å². The zero-order chi connectivity index (χ0) is 20.8. The summed E-state index contributed by atoms with van der Waals surface area (Å²) in [4.78, 5) is 26.1. The largest absolute Gasteiger partial charge is 0.497 e. The fourth-order valence-corrected chi connectivity index (χ4v) is 3.96. The molecule has 0 saturated heterocycles. The molecule has 0 unspecified atom stereocenters. The van der Waals surface area contributed by atoms with Gasteiger partial charge in [0.25, 0.3) is 0 Å². The number of benzene rings is 3. The Morgan fingerprint density at radius 2 is 1.57 bits per heavy atom. The molecule has 5 nitrogen and oxygen atoms in total. The summed E-state index contributed by atoms with van der Waals surface area (Å²) in [7, 11) is 1.60. The number of furan rings is 1. The highest BCUT2D eigenvalue weighted by Crippen LogP contribution is 2.40. The van der Waals surface area contributed by atoms with E-state index in [4.69, 9.17) is 13.9 Å². The third-order valence-corrected chi connectivity index (χ3v) is 5.51. The third-order valence-electron chi connectivity index (χ3n) is 5.51. The molecule has 1 aliphatic carbocycles. The monoisotopic (exact) mass is 398 g/mol. The van der Waals surface area contributed by atoms with E-state index in [1.807, 2.05) is 37.3 Å². The number of ketones is 2. The van der Waals surface area contributed by atoms with Gasteiger partial charge >= 0.3 is 0 Å². The summed E-state index contributed by atoms with van der Waals surface area (Å²) in [5.41, 5.74) is 2.94. The molecule has 0 atom stereocenters. The highest BCUT2D eigenvalue weighted by molar-refractivity contribution is 6.54. The smallest absolute Gasteiger partial charge is 0.237 e. The number of aryl methyl sites for hydroxylation is 1. The number of rotatable bonds is 4. The molecule has 0 N–H and O–H groups in total.